The zero-order chi connectivity index (χ0) is 18.9. The van der Waals surface area contributed by atoms with E-state index in [1.165, 1.54) is 11.1 Å². The number of hydrogen-bond acceptors (Lipinski definition) is 3. The summed E-state index contributed by atoms with van der Waals surface area (Å²) in [5.74, 6) is 0.480. The molecular formula is C22H30N2O2. The van der Waals surface area contributed by atoms with Gasteiger partial charge in [-0.3, -0.25) is 4.79 Å². The van der Waals surface area contributed by atoms with Crippen molar-refractivity contribution in [2.45, 2.75) is 65.3 Å². The Labute approximate surface area is 157 Å². The molecule has 1 N–H and O–H groups in total. The number of allylic oxidation sites excluding steroid dienone is 4. The normalized spacial score (nSPS) is 31.5. The van der Waals surface area contributed by atoms with E-state index in [1.807, 2.05) is 13.0 Å². The van der Waals surface area contributed by atoms with Crippen LogP contribution < -0.4 is 5.32 Å². The quantitative estimate of drug-likeness (QED) is 0.756. The van der Waals surface area contributed by atoms with Gasteiger partial charge < -0.3 is 10.1 Å². The van der Waals surface area contributed by atoms with Gasteiger partial charge >= 0.3 is 0 Å². The molecule has 1 spiro atoms. The van der Waals surface area contributed by atoms with E-state index in [-0.39, 0.29) is 11.4 Å². The predicted molar refractivity (Wildman–Crippen MR) is 102 cm³/mol. The molecule has 26 heavy (non-hydrogen) atoms. The largest absolute Gasteiger partial charge is 0.376 e. The third-order valence-electron chi connectivity index (χ3n) is 6.71. The van der Waals surface area contributed by atoms with E-state index in [1.54, 1.807) is 0 Å². The third kappa shape index (κ3) is 2.74. The van der Waals surface area contributed by atoms with Crippen molar-refractivity contribution < 1.29 is 9.53 Å². The zero-order valence-corrected chi connectivity index (χ0v) is 16.4. The van der Waals surface area contributed by atoms with Crippen molar-refractivity contribution in [2.75, 3.05) is 13.2 Å². The second-order valence-electron chi connectivity index (χ2n) is 8.06. The maximum absolute atomic E-state index is 13.2. The van der Waals surface area contributed by atoms with Gasteiger partial charge in [-0.25, -0.2) is 0 Å². The Kier molecular flexibility index (Phi) is 5.12. The standard InChI is InChI=1S/C22H30N2O2/c1-5-21(6-2)18-11-10-15(3)17(12-23)9-7-8-16(4)19(18)22(13-26-14-22)24-20(21)25/h7,9,16H,5-6,8,10-11,13-14H2,1-4H3,(H,24,25)/b9-7+,17-15-. The van der Waals surface area contributed by atoms with Crippen LogP contribution in [-0.2, 0) is 9.53 Å². The van der Waals surface area contributed by atoms with Gasteiger partial charge in [0.1, 0.15) is 5.54 Å². The monoisotopic (exact) mass is 354 g/mol. The van der Waals surface area contributed by atoms with Gasteiger partial charge in [-0.2, -0.15) is 5.26 Å². The predicted octanol–water partition coefficient (Wildman–Crippen LogP) is 4.20. The van der Waals surface area contributed by atoms with Crippen LogP contribution in [0.25, 0.3) is 0 Å². The Morgan fingerprint density at radius 3 is 2.54 bits per heavy atom. The summed E-state index contributed by atoms with van der Waals surface area (Å²) in [5, 5.41) is 12.8. The molecule has 1 saturated heterocycles. The smallest absolute Gasteiger partial charge is 0.231 e. The second-order valence-corrected chi connectivity index (χ2v) is 8.06. The Morgan fingerprint density at radius 1 is 1.31 bits per heavy atom. The molecule has 4 nitrogen and oxygen atoms in total. The number of nitrogens with zero attached hydrogens (tertiary/aromatic N) is 1. The van der Waals surface area contributed by atoms with Crippen molar-refractivity contribution in [1.82, 2.24) is 5.32 Å². The molecular weight excluding hydrogens is 324 g/mol. The number of hydrogen-bond donors (Lipinski definition) is 1. The van der Waals surface area contributed by atoms with Crippen LogP contribution in [0.2, 0.25) is 0 Å². The Bertz CT molecular complexity index is 728. The Morgan fingerprint density at radius 2 is 2.00 bits per heavy atom. The van der Waals surface area contributed by atoms with E-state index in [0.29, 0.717) is 19.1 Å². The molecule has 2 heterocycles. The van der Waals surface area contributed by atoms with Gasteiger partial charge in [0.15, 0.2) is 0 Å². The molecule has 1 fully saturated rings. The van der Waals surface area contributed by atoms with Crippen LogP contribution in [-0.4, -0.2) is 24.7 Å². The van der Waals surface area contributed by atoms with Crippen LogP contribution in [0.3, 0.4) is 0 Å². The molecule has 3 aliphatic rings. The van der Waals surface area contributed by atoms with Crippen molar-refractivity contribution in [2.24, 2.45) is 11.3 Å². The Hall–Kier alpha value is -1.86. The van der Waals surface area contributed by atoms with Crippen LogP contribution in [0.15, 0.2) is 34.4 Å². The first-order valence-electron chi connectivity index (χ1n) is 9.85. The van der Waals surface area contributed by atoms with Crippen LogP contribution in [0, 0.1) is 22.7 Å². The van der Waals surface area contributed by atoms with Gasteiger partial charge in [-0.1, -0.05) is 38.0 Å². The first-order valence-corrected chi connectivity index (χ1v) is 9.85. The number of carbonyl (C=O) groups excluding carboxylic acids is 1. The highest BCUT2D eigenvalue weighted by Gasteiger charge is 2.55. The van der Waals surface area contributed by atoms with Crippen LogP contribution in [0.1, 0.15) is 59.8 Å². The summed E-state index contributed by atoms with van der Waals surface area (Å²) >= 11 is 0. The van der Waals surface area contributed by atoms with Gasteiger partial charge in [0, 0.05) is 0 Å². The van der Waals surface area contributed by atoms with Crippen molar-refractivity contribution in [1.29, 1.82) is 5.26 Å². The number of fused-ring (bicyclic) bond motifs is 1. The summed E-state index contributed by atoms with van der Waals surface area (Å²) in [6, 6.07) is 2.33. The minimum atomic E-state index is -0.430. The van der Waals surface area contributed by atoms with Crippen LogP contribution >= 0.6 is 0 Å². The zero-order valence-electron chi connectivity index (χ0n) is 16.4. The molecule has 0 aromatic carbocycles. The number of amides is 1. The molecule has 4 heteroatoms. The molecule has 140 valence electrons. The lowest BCUT2D eigenvalue weighted by atomic mass is 9.61. The van der Waals surface area contributed by atoms with E-state index in [2.05, 4.69) is 38.2 Å². The van der Waals surface area contributed by atoms with Crippen LogP contribution in [0.4, 0.5) is 0 Å². The molecule has 1 atom stereocenters. The van der Waals surface area contributed by atoms with E-state index < -0.39 is 5.41 Å². The molecule has 1 aliphatic carbocycles. The molecule has 0 bridgehead atoms. The fourth-order valence-corrected chi connectivity index (χ4v) is 4.99. The second kappa shape index (κ2) is 7.04. The minimum absolute atomic E-state index is 0.159. The molecule has 0 saturated carbocycles. The average molecular weight is 354 g/mol. The topological polar surface area (TPSA) is 62.1 Å². The fourth-order valence-electron chi connectivity index (χ4n) is 4.99. The highest BCUT2D eigenvalue weighted by molar-refractivity contribution is 5.89. The Balaban J connectivity index is 2.19. The van der Waals surface area contributed by atoms with Crippen molar-refractivity contribution in [3.05, 3.63) is 34.4 Å². The maximum Gasteiger partial charge on any atom is 0.231 e. The van der Waals surface area contributed by atoms with Crippen molar-refractivity contribution in [3.63, 3.8) is 0 Å². The van der Waals surface area contributed by atoms with Gasteiger partial charge in [0.2, 0.25) is 5.91 Å². The maximum atomic E-state index is 13.2. The number of nitriles is 1. The third-order valence-corrected chi connectivity index (χ3v) is 6.71. The first kappa shape index (κ1) is 18.9. The molecule has 3 rings (SSSR count). The number of rotatable bonds is 2. The summed E-state index contributed by atoms with van der Waals surface area (Å²) < 4.78 is 5.56. The van der Waals surface area contributed by atoms with E-state index in [4.69, 9.17) is 4.74 Å². The minimum Gasteiger partial charge on any atom is -0.376 e. The van der Waals surface area contributed by atoms with Gasteiger partial charge in [-0.15, -0.1) is 0 Å². The van der Waals surface area contributed by atoms with Gasteiger partial charge in [-0.05, 0) is 56.6 Å². The van der Waals surface area contributed by atoms with E-state index in [0.717, 1.165) is 43.3 Å². The van der Waals surface area contributed by atoms with E-state index >= 15 is 0 Å². The highest BCUT2D eigenvalue weighted by atomic mass is 16.5. The SMILES string of the molecule is CCC1(CC)C(=O)NC2(COC2)C2=C1CC/C(C)=C(C#N)/C=C/CC2C. The van der Waals surface area contributed by atoms with Crippen molar-refractivity contribution >= 4 is 5.91 Å². The number of ether oxygens (including phenoxy) is 1. The summed E-state index contributed by atoms with van der Waals surface area (Å²) in [6.07, 6.45) is 8.25. The molecule has 0 aromatic rings. The molecule has 1 amide bonds. The van der Waals surface area contributed by atoms with E-state index in [9.17, 15) is 10.1 Å². The number of carbonyl (C=O) groups is 1. The number of nitrogens with one attached hydrogen (secondary N) is 1. The summed E-state index contributed by atoms with van der Waals surface area (Å²) in [5.41, 5.74) is 3.83. The first-order chi connectivity index (χ1) is 12.4. The molecule has 0 aromatic heterocycles. The molecule has 1 unspecified atom stereocenters. The highest BCUT2D eigenvalue weighted by Crippen LogP contribution is 2.50. The lowest BCUT2D eigenvalue weighted by molar-refractivity contribution is -0.141. The summed E-state index contributed by atoms with van der Waals surface area (Å²) in [7, 11) is 0. The lowest BCUT2D eigenvalue weighted by Gasteiger charge is -2.54. The summed E-state index contributed by atoms with van der Waals surface area (Å²) in [6.45, 7) is 9.68. The lowest BCUT2D eigenvalue weighted by Crippen LogP contribution is -2.69. The van der Waals surface area contributed by atoms with Gasteiger partial charge in [0.25, 0.3) is 0 Å². The fraction of sp³-hybridized carbons (Fsp3) is 0.636. The molecule has 0 radical (unpaired) electrons. The average Bonchev–Trinajstić information content (AvgIpc) is 2.61. The summed E-state index contributed by atoms with van der Waals surface area (Å²) in [4.78, 5) is 13.2. The molecule has 2 aliphatic heterocycles. The van der Waals surface area contributed by atoms with Crippen LogP contribution in [0.5, 0.6) is 0 Å². The van der Waals surface area contributed by atoms with Crippen molar-refractivity contribution in [3.8, 4) is 6.07 Å². The van der Waals surface area contributed by atoms with Gasteiger partial charge in [0.05, 0.1) is 30.3 Å².